The normalized spacial score (nSPS) is 13.8. The van der Waals surface area contributed by atoms with E-state index in [9.17, 15) is 9.18 Å². The summed E-state index contributed by atoms with van der Waals surface area (Å²) in [5.41, 5.74) is -0.669. The molecule has 0 bridgehead atoms. The van der Waals surface area contributed by atoms with E-state index in [1.165, 1.54) is 19.2 Å². The number of esters is 1. The van der Waals surface area contributed by atoms with Crippen LogP contribution in [0.25, 0.3) is 0 Å². The Morgan fingerprint density at radius 2 is 2.05 bits per heavy atom. The highest BCUT2D eigenvalue weighted by Gasteiger charge is 2.32. The molecular formula is C15H22FNO2S. The Morgan fingerprint density at radius 3 is 2.60 bits per heavy atom. The summed E-state index contributed by atoms with van der Waals surface area (Å²) in [6.45, 7) is 4.69. The van der Waals surface area contributed by atoms with Crippen LogP contribution in [0.4, 0.5) is 4.39 Å². The molecule has 1 aromatic carbocycles. The summed E-state index contributed by atoms with van der Waals surface area (Å²) >= 11 is 1.60. The molecule has 112 valence electrons. The summed E-state index contributed by atoms with van der Waals surface area (Å²) in [7, 11) is 1.40. The molecule has 1 aromatic rings. The maximum atomic E-state index is 12.8. The van der Waals surface area contributed by atoms with Gasteiger partial charge in [-0.3, -0.25) is 4.79 Å². The fourth-order valence-corrected chi connectivity index (χ4v) is 2.87. The van der Waals surface area contributed by atoms with Crippen molar-refractivity contribution in [1.29, 1.82) is 0 Å². The molecule has 3 nitrogen and oxygen atoms in total. The molecule has 0 saturated heterocycles. The Hall–Kier alpha value is -1.07. The summed E-state index contributed by atoms with van der Waals surface area (Å²) in [4.78, 5) is 12.9. The smallest absolute Gasteiger partial charge is 0.325 e. The lowest BCUT2D eigenvalue weighted by Crippen LogP contribution is -2.50. The minimum atomic E-state index is -0.669. The van der Waals surface area contributed by atoms with Crippen LogP contribution < -0.4 is 5.32 Å². The number of carbonyl (C=O) groups is 1. The molecule has 0 aliphatic heterocycles. The van der Waals surface area contributed by atoms with Crippen LogP contribution in [0.15, 0.2) is 29.2 Å². The van der Waals surface area contributed by atoms with Crippen LogP contribution in [0.1, 0.15) is 26.7 Å². The Kier molecular flexibility index (Phi) is 7.02. The fraction of sp³-hybridized carbons (Fsp3) is 0.533. The van der Waals surface area contributed by atoms with Crippen molar-refractivity contribution in [2.75, 3.05) is 19.4 Å². The Labute approximate surface area is 124 Å². The van der Waals surface area contributed by atoms with Gasteiger partial charge in [0, 0.05) is 10.6 Å². The summed E-state index contributed by atoms with van der Waals surface area (Å²) in [6, 6.07) is 6.37. The molecule has 0 spiro atoms. The molecule has 1 unspecified atom stereocenters. The molecule has 0 amide bonds. The monoisotopic (exact) mass is 299 g/mol. The van der Waals surface area contributed by atoms with Crippen LogP contribution in [0.3, 0.4) is 0 Å². The van der Waals surface area contributed by atoms with E-state index >= 15 is 0 Å². The van der Waals surface area contributed by atoms with Crippen LogP contribution in [0.5, 0.6) is 0 Å². The van der Waals surface area contributed by atoms with E-state index in [4.69, 9.17) is 4.74 Å². The van der Waals surface area contributed by atoms with Crippen molar-refractivity contribution in [2.45, 2.75) is 37.1 Å². The first-order valence-corrected chi connectivity index (χ1v) is 7.72. The molecule has 0 saturated carbocycles. The standard InChI is InChI=1S/C15H22FNO2S/c1-4-10-17-15(2,14(18)19-3)9-11-20-13-7-5-12(16)6-8-13/h5-8,17H,4,9-11H2,1-3H3. The first kappa shape index (κ1) is 17.0. The van der Waals surface area contributed by atoms with E-state index in [1.54, 1.807) is 23.9 Å². The number of ether oxygens (including phenoxy) is 1. The van der Waals surface area contributed by atoms with Crippen LogP contribution in [0, 0.1) is 5.82 Å². The number of methoxy groups -OCH3 is 1. The number of thioether (sulfide) groups is 1. The van der Waals surface area contributed by atoms with Crippen molar-refractivity contribution in [3.63, 3.8) is 0 Å². The number of hydrogen-bond acceptors (Lipinski definition) is 4. The molecule has 1 atom stereocenters. The molecule has 5 heteroatoms. The first-order valence-electron chi connectivity index (χ1n) is 6.73. The third-order valence-corrected chi connectivity index (χ3v) is 4.10. The van der Waals surface area contributed by atoms with E-state index < -0.39 is 5.54 Å². The van der Waals surface area contributed by atoms with Crippen molar-refractivity contribution < 1.29 is 13.9 Å². The summed E-state index contributed by atoms with van der Waals surface area (Å²) in [5.74, 6) is 0.275. The summed E-state index contributed by atoms with van der Waals surface area (Å²) in [5, 5.41) is 3.24. The van der Waals surface area contributed by atoms with E-state index in [2.05, 4.69) is 12.2 Å². The molecule has 0 fully saturated rings. The van der Waals surface area contributed by atoms with Gasteiger partial charge < -0.3 is 10.1 Å². The second-order valence-electron chi connectivity index (χ2n) is 4.80. The molecule has 0 radical (unpaired) electrons. The Bertz CT molecular complexity index is 424. The lowest BCUT2D eigenvalue weighted by molar-refractivity contribution is -0.148. The third-order valence-electron chi connectivity index (χ3n) is 3.09. The Balaban J connectivity index is 2.53. The highest BCUT2D eigenvalue weighted by molar-refractivity contribution is 7.99. The minimum Gasteiger partial charge on any atom is -0.468 e. The first-order chi connectivity index (χ1) is 9.51. The fourth-order valence-electron chi connectivity index (χ4n) is 1.79. The van der Waals surface area contributed by atoms with Crippen molar-refractivity contribution >= 4 is 17.7 Å². The Morgan fingerprint density at radius 1 is 1.40 bits per heavy atom. The molecule has 20 heavy (non-hydrogen) atoms. The quantitative estimate of drug-likeness (QED) is 0.591. The third kappa shape index (κ3) is 5.13. The van der Waals surface area contributed by atoms with Gasteiger partial charge in [-0.1, -0.05) is 6.92 Å². The highest BCUT2D eigenvalue weighted by Crippen LogP contribution is 2.23. The molecule has 1 rings (SSSR count). The average molecular weight is 299 g/mol. The van der Waals surface area contributed by atoms with Gasteiger partial charge in [-0.15, -0.1) is 11.8 Å². The van der Waals surface area contributed by atoms with Gasteiger partial charge in [-0.05, 0) is 50.6 Å². The number of benzene rings is 1. The van der Waals surface area contributed by atoms with Gasteiger partial charge in [0.15, 0.2) is 0 Å². The van der Waals surface area contributed by atoms with Crippen LogP contribution in [-0.4, -0.2) is 30.9 Å². The van der Waals surface area contributed by atoms with Crippen LogP contribution in [-0.2, 0) is 9.53 Å². The van der Waals surface area contributed by atoms with E-state index in [-0.39, 0.29) is 11.8 Å². The summed E-state index contributed by atoms with van der Waals surface area (Å²) < 4.78 is 17.7. The van der Waals surface area contributed by atoms with Gasteiger partial charge in [0.05, 0.1) is 7.11 Å². The molecular weight excluding hydrogens is 277 g/mol. The van der Waals surface area contributed by atoms with Crippen LogP contribution >= 0.6 is 11.8 Å². The highest BCUT2D eigenvalue weighted by atomic mass is 32.2. The topological polar surface area (TPSA) is 38.3 Å². The zero-order chi connectivity index (χ0) is 15.0. The maximum Gasteiger partial charge on any atom is 0.325 e. The van der Waals surface area contributed by atoms with Crippen molar-refractivity contribution in [3.05, 3.63) is 30.1 Å². The van der Waals surface area contributed by atoms with Gasteiger partial charge >= 0.3 is 5.97 Å². The largest absolute Gasteiger partial charge is 0.468 e. The number of carbonyl (C=O) groups excluding carboxylic acids is 1. The van der Waals surface area contributed by atoms with E-state index in [0.717, 1.165) is 23.6 Å². The van der Waals surface area contributed by atoms with Gasteiger partial charge in [0.25, 0.3) is 0 Å². The zero-order valence-electron chi connectivity index (χ0n) is 12.2. The average Bonchev–Trinajstić information content (AvgIpc) is 2.46. The van der Waals surface area contributed by atoms with Crippen LogP contribution in [0.2, 0.25) is 0 Å². The predicted molar refractivity (Wildman–Crippen MR) is 80.5 cm³/mol. The van der Waals surface area contributed by atoms with E-state index in [0.29, 0.717) is 6.42 Å². The van der Waals surface area contributed by atoms with Gasteiger partial charge in [0.1, 0.15) is 11.4 Å². The van der Waals surface area contributed by atoms with Gasteiger partial charge in [0.2, 0.25) is 0 Å². The molecule has 0 aliphatic carbocycles. The molecule has 1 N–H and O–H groups in total. The molecule has 0 aromatic heterocycles. The van der Waals surface area contributed by atoms with Gasteiger partial charge in [-0.25, -0.2) is 4.39 Å². The predicted octanol–water partition coefficient (Wildman–Crippen LogP) is 3.24. The molecule has 0 aliphatic rings. The number of hydrogen-bond donors (Lipinski definition) is 1. The number of halogens is 1. The van der Waals surface area contributed by atoms with E-state index in [1.807, 2.05) is 6.92 Å². The lowest BCUT2D eigenvalue weighted by atomic mass is 9.99. The summed E-state index contributed by atoms with van der Waals surface area (Å²) in [6.07, 6.45) is 1.61. The number of nitrogens with one attached hydrogen (secondary N) is 1. The van der Waals surface area contributed by atoms with Crippen molar-refractivity contribution in [1.82, 2.24) is 5.32 Å². The maximum absolute atomic E-state index is 12.8. The van der Waals surface area contributed by atoms with Crippen molar-refractivity contribution in [3.8, 4) is 0 Å². The number of rotatable bonds is 8. The lowest BCUT2D eigenvalue weighted by Gasteiger charge is -2.27. The van der Waals surface area contributed by atoms with Gasteiger partial charge in [-0.2, -0.15) is 0 Å². The van der Waals surface area contributed by atoms with Crippen molar-refractivity contribution in [2.24, 2.45) is 0 Å². The second-order valence-corrected chi connectivity index (χ2v) is 5.97. The molecule has 0 heterocycles. The zero-order valence-corrected chi connectivity index (χ0v) is 13.1. The minimum absolute atomic E-state index is 0.238. The second kappa shape index (κ2) is 8.27. The SMILES string of the molecule is CCCNC(C)(CCSc1ccc(F)cc1)C(=O)OC.